The Hall–Kier alpha value is 1.44. The maximum Gasteiger partial charge on any atom is 1.00 e. The minimum Gasteiger partial charge on any atom is -0.744 e. The molecule has 16 nitrogen and oxygen atoms in total. The number of aliphatic carboxylic acids is 3. The molecule has 2 heterocycles. The Morgan fingerprint density at radius 2 is 1.49 bits per heavy atom. The number of fused-ring (bicyclic) bond motifs is 2. The number of allylic oxidation sites excluding steroid dienone is 8. The number of carbonyl (C=O) groups is 4. The normalized spacial score (nSPS) is 16.0. The molecule has 0 saturated carbocycles. The largest absolute Gasteiger partial charge is 1.00 e. The number of hydrogen-bond donors (Lipinski definition) is 1. The molecule has 0 radical (unpaired) electrons. The Kier molecular flexibility index (Phi) is 29.4. The number of benzene rings is 2. The van der Waals surface area contributed by atoms with Crippen molar-refractivity contribution in [3.8, 4) is 0 Å². The van der Waals surface area contributed by atoms with E-state index in [9.17, 15) is 47.5 Å². The number of amides is 1. The quantitative estimate of drug-likeness (QED) is 0.0190. The van der Waals surface area contributed by atoms with E-state index in [2.05, 4.69) is 15.2 Å². The van der Waals surface area contributed by atoms with Gasteiger partial charge in [0.1, 0.15) is 10.1 Å². The van der Waals surface area contributed by atoms with E-state index in [1.54, 1.807) is 47.4 Å². The summed E-state index contributed by atoms with van der Waals surface area (Å²) in [6, 6.07) is 8.07. The number of carboxylic acids is 3. The molecular weight excluding hydrogens is 939 g/mol. The average molecular weight is 981 g/mol. The number of hydrogen-bond acceptors (Lipinski definition) is 15. The summed E-state index contributed by atoms with van der Waals surface area (Å²) in [7, 11) is -3.43. The second-order valence-corrected chi connectivity index (χ2v) is 16.2. The SMILES string of the molecule is COOOSc1ccc2c(c1)C(C)(C)C(/C=C/C=C/C=C/C=C1/N(CCC(=O)[O-])c3ccc(S(=O)(=O)[O-])cc3C1(C)C)=[N+]2CCC(=O)N[C@@H](CCC(=O)[O-])C(=O)[O-].[K+].[K+].[K+].[K+]. The summed E-state index contributed by atoms with van der Waals surface area (Å²) in [6.07, 6.45) is 11.1. The van der Waals surface area contributed by atoms with E-state index in [1.807, 2.05) is 50.5 Å². The molecular formula is C39H42K4N3O13S2+. The molecule has 0 fully saturated rings. The molecule has 306 valence electrons. The van der Waals surface area contributed by atoms with E-state index in [-0.39, 0.29) is 243 Å². The number of anilines is 1. The summed E-state index contributed by atoms with van der Waals surface area (Å²) >= 11 is 0.932. The van der Waals surface area contributed by atoms with Crippen LogP contribution < -0.4 is 231 Å². The van der Waals surface area contributed by atoms with Gasteiger partial charge < -0.3 is 44.5 Å². The molecule has 22 heteroatoms. The fourth-order valence-corrected chi connectivity index (χ4v) is 7.71. The van der Waals surface area contributed by atoms with Crippen LogP contribution in [0.25, 0.3) is 0 Å². The fraction of sp³-hybridized carbons (Fsp3) is 0.359. The zero-order chi connectivity index (χ0) is 42.1. The minimum absolute atomic E-state index is 0. The van der Waals surface area contributed by atoms with Crippen LogP contribution in [0.4, 0.5) is 11.4 Å². The van der Waals surface area contributed by atoms with Gasteiger partial charge in [-0.05, 0) is 68.7 Å². The van der Waals surface area contributed by atoms with Crippen molar-refractivity contribution >= 4 is 63.1 Å². The number of nitrogens with one attached hydrogen (secondary N) is 1. The molecule has 2 aromatic carbocycles. The molecule has 1 atom stereocenters. The number of rotatable bonds is 20. The van der Waals surface area contributed by atoms with Gasteiger partial charge in [0.25, 0.3) is 0 Å². The van der Waals surface area contributed by atoms with Gasteiger partial charge in [0.05, 0.1) is 47.9 Å². The molecule has 0 aliphatic carbocycles. The summed E-state index contributed by atoms with van der Waals surface area (Å²) in [5, 5.41) is 40.6. The van der Waals surface area contributed by atoms with Gasteiger partial charge in [-0.1, -0.05) is 49.3 Å². The summed E-state index contributed by atoms with van der Waals surface area (Å²) in [5.74, 6) is -4.92. The smallest absolute Gasteiger partial charge is 0.744 e. The van der Waals surface area contributed by atoms with Crippen LogP contribution >= 0.6 is 12.0 Å². The van der Waals surface area contributed by atoms with Crippen molar-refractivity contribution in [2.24, 2.45) is 0 Å². The van der Waals surface area contributed by atoms with Crippen LogP contribution in [-0.4, -0.2) is 73.3 Å². The van der Waals surface area contributed by atoms with E-state index in [0.29, 0.717) is 21.8 Å². The van der Waals surface area contributed by atoms with Gasteiger partial charge in [0.15, 0.2) is 12.3 Å². The van der Waals surface area contributed by atoms with Gasteiger partial charge in [-0.25, -0.2) is 13.3 Å². The van der Waals surface area contributed by atoms with Crippen molar-refractivity contribution in [3.05, 3.63) is 95.8 Å². The predicted octanol–water partition coefficient (Wildman–Crippen LogP) is -10.9. The molecule has 1 N–H and O–H groups in total. The number of nitrogens with zero attached hydrogens (tertiary/aromatic N) is 2. The third-order valence-electron chi connectivity index (χ3n) is 9.55. The monoisotopic (exact) mass is 980 g/mol. The van der Waals surface area contributed by atoms with Crippen LogP contribution in [0.5, 0.6) is 0 Å². The minimum atomic E-state index is -4.72. The molecule has 0 aromatic heterocycles. The van der Waals surface area contributed by atoms with Gasteiger partial charge in [0, 0.05) is 64.3 Å². The second-order valence-electron chi connectivity index (χ2n) is 14.0. The molecule has 2 aromatic rings. The molecule has 2 aliphatic heterocycles. The van der Waals surface area contributed by atoms with Crippen molar-refractivity contribution < 1.29 is 272 Å². The fourth-order valence-electron chi connectivity index (χ4n) is 6.76. The third kappa shape index (κ3) is 17.5. The summed E-state index contributed by atoms with van der Waals surface area (Å²) in [5.41, 5.74) is 2.94. The first kappa shape index (κ1) is 62.4. The summed E-state index contributed by atoms with van der Waals surface area (Å²) < 4.78 is 42.2. The van der Waals surface area contributed by atoms with Crippen molar-refractivity contribution in [2.45, 2.75) is 80.0 Å². The Morgan fingerprint density at radius 3 is 2.10 bits per heavy atom. The zero-order valence-corrected chi connectivity index (χ0v) is 50.0. The van der Waals surface area contributed by atoms with Crippen LogP contribution in [0.1, 0.15) is 64.5 Å². The molecule has 0 unspecified atom stereocenters. The number of carbonyl (C=O) groups excluding carboxylic acids is 4. The third-order valence-corrected chi connectivity index (χ3v) is 11.0. The Morgan fingerprint density at radius 1 is 0.852 bits per heavy atom. The van der Waals surface area contributed by atoms with Gasteiger partial charge in [-0.2, -0.15) is 4.58 Å². The molecule has 1 amide bonds. The van der Waals surface area contributed by atoms with E-state index in [0.717, 1.165) is 29.0 Å². The predicted molar refractivity (Wildman–Crippen MR) is 200 cm³/mol. The van der Waals surface area contributed by atoms with Crippen molar-refractivity contribution in [3.63, 3.8) is 0 Å². The Bertz CT molecular complexity index is 2180. The first-order valence-electron chi connectivity index (χ1n) is 17.6. The van der Waals surface area contributed by atoms with Crippen LogP contribution in [0.3, 0.4) is 0 Å². The van der Waals surface area contributed by atoms with Gasteiger partial charge in [-0.15, -0.1) is 4.33 Å². The molecule has 0 saturated heterocycles. The molecule has 0 spiro atoms. The van der Waals surface area contributed by atoms with Crippen LogP contribution in [0, 0.1) is 0 Å². The maximum absolute atomic E-state index is 12.9. The van der Waals surface area contributed by atoms with Crippen LogP contribution in [0.15, 0.2) is 94.4 Å². The van der Waals surface area contributed by atoms with E-state index in [4.69, 9.17) is 4.33 Å². The summed E-state index contributed by atoms with van der Waals surface area (Å²) in [4.78, 5) is 53.2. The first-order chi connectivity index (χ1) is 26.8. The van der Waals surface area contributed by atoms with E-state index in [1.165, 1.54) is 25.3 Å². The number of carboxylic acid groups (broad SMARTS) is 3. The molecule has 0 bridgehead atoms. The second kappa shape index (κ2) is 28.7. The van der Waals surface area contributed by atoms with Crippen LogP contribution in [-0.2, 0) is 54.4 Å². The first-order valence-corrected chi connectivity index (χ1v) is 19.8. The molecule has 61 heavy (non-hydrogen) atoms. The van der Waals surface area contributed by atoms with Gasteiger partial charge >= 0.3 is 206 Å². The van der Waals surface area contributed by atoms with Crippen molar-refractivity contribution in [1.29, 1.82) is 0 Å². The van der Waals surface area contributed by atoms with Gasteiger partial charge in [0.2, 0.25) is 11.6 Å². The van der Waals surface area contributed by atoms with Crippen LogP contribution in [0.2, 0.25) is 0 Å². The molecule has 2 aliphatic rings. The van der Waals surface area contributed by atoms with Crippen molar-refractivity contribution in [2.75, 3.05) is 25.1 Å². The zero-order valence-electron chi connectivity index (χ0n) is 35.8. The Labute approximate surface area is 530 Å². The van der Waals surface area contributed by atoms with E-state index >= 15 is 0 Å². The maximum atomic E-state index is 12.9. The standard InChI is InChI=1S/C39H45N3O13S2.4K/c1-38(2)27-23-25(56-55-54-53-5)13-16-30(27)41(21-19-34(43)40-29(37(48)49)15-18-35(44)45)32(38)11-9-7-6-8-10-12-33-39(3,4)28-24-26(57(50,51)52)14-17-31(28)42(33)22-20-36(46)47;;;;/h6-14,16-17,23-24,29H,15,18-22H2,1-5H3,(H4-,40,43,44,45,46,47,48,49,50,51,52);;;;/q;4*+1/p-3/t29-;;;;/m0..../s1. The topological polar surface area (TPSA) is 241 Å². The average Bonchev–Trinajstić information content (AvgIpc) is 3.47. The van der Waals surface area contributed by atoms with E-state index < -0.39 is 57.2 Å². The summed E-state index contributed by atoms with van der Waals surface area (Å²) in [6.45, 7) is 7.89. The molecule has 4 rings (SSSR count). The van der Waals surface area contributed by atoms with Gasteiger partial charge in [-0.3, -0.25) is 4.79 Å². The van der Waals surface area contributed by atoms with Crippen molar-refractivity contribution in [1.82, 2.24) is 5.32 Å². The Balaban J connectivity index is 0.00000900.